The van der Waals surface area contributed by atoms with Gasteiger partial charge in [-0.05, 0) is 151 Å². The normalized spacial score (nSPS) is 41.2. The van der Waals surface area contributed by atoms with Crippen molar-refractivity contribution in [3.05, 3.63) is 70.3 Å². The zero-order chi connectivity index (χ0) is 34.3. The highest BCUT2D eigenvalue weighted by Gasteiger charge is 2.58. The van der Waals surface area contributed by atoms with E-state index in [9.17, 15) is 0 Å². The summed E-state index contributed by atoms with van der Waals surface area (Å²) in [5, 5.41) is 0. The lowest BCUT2D eigenvalue weighted by Crippen LogP contribution is -2.47. The smallest absolute Gasteiger partial charge is 0.0675 e. The minimum Gasteiger partial charge on any atom is -0.381 e. The molecule has 1 nitrogen and oxygen atoms in total. The van der Waals surface area contributed by atoms with Gasteiger partial charge in [-0.15, -0.1) is 0 Å². The van der Waals surface area contributed by atoms with Crippen LogP contribution in [0.4, 0.5) is 0 Å². The van der Waals surface area contributed by atoms with Crippen LogP contribution in [-0.4, -0.2) is 13.2 Å². The highest BCUT2D eigenvalue weighted by molar-refractivity contribution is 5.34. The van der Waals surface area contributed by atoms with E-state index in [4.69, 9.17) is 4.74 Å². The summed E-state index contributed by atoms with van der Waals surface area (Å²) < 4.78 is 6.60. The van der Waals surface area contributed by atoms with E-state index in [2.05, 4.69) is 112 Å². The Bertz CT molecular complexity index is 1400. The molecule has 0 aromatic heterocycles. The zero-order valence-corrected chi connectivity index (χ0v) is 32.7. The Labute approximate surface area is 295 Å². The van der Waals surface area contributed by atoms with Crippen molar-refractivity contribution in [1.29, 1.82) is 0 Å². The Morgan fingerprint density at radius 3 is 1.79 bits per heavy atom. The standard InChI is InChI=1S/C47H70O/c1-27-19-28(2)21-33(20-27)44-41-23-30(4)37(39(41)26-42(45(44)48-11)47(8,9)10)25-36-29(3)22-40-38(36)24-32-13-12-14-35(32)43(40)31-15-17-34(18-16-31)46(5,6)7/h15-21,29-30,32,35-45H,12-14,22-26H2,1-11H3. The molecule has 7 rings (SSSR count). The van der Waals surface area contributed by atoms with Gasteiger partial charge in [0, 0.05) is 13.0 Å². The zero-order valence-electron chi connectivity index (χ0n) is 32.7. The Balaban J connectivity index is 1.19. The molecule has 5 aliphatic carbocycles. The van der Waals surface area contributed by atoms with Gasteiger partial charge in [0.2, 0.25) is 0 Å². The molecule has 0 saturated heterocycles. The second-order valence-corrected chi connectivity index (χ2v) is 20.5. The maximum Gasteiger partial charge on any atom is 0.0675 e. The van der Waals surface area contributed by atoms with Gasteiger partial charge in [0.15, 0.2) is 0 Å². The summed E-state index contributed by atoms with van der Waals surface area (Å²) >= 11 is 0. The molecule has 264 valence electrons. The third-order valence-electron chi connectivity index (χ3n) is 15.6. The molecule has 0 bridgehead atoms. The average Bonchev–Trinajstić information content (AvgIpc) is 3.69. The van der Waals surface area contributed by atoms with E-state index in [0.717, 1.165) is 65.1 Å². The van der Waals surface area contributed by atoms with Crippen LogP contribution in [0, 0.1) is 84.4 Å². The number of benzene rings is 2. The number of methoxy groups -OCH3 is 1. The van der Waals surface area contributed by atoms with E-state index in [1.54, 1.807) is 11.1 Å². The van der Waals surface area contributed by atoms with Crippen LogP contribution in [-0.2, 0) is 10.2 Å². The summed E-state index contributed by atoms with van der Waals surface area (Å²) in [6, 6.07) is 17.5. The van der Waals surface area contributed by atoms with Crippen LogP contribution in [0.3, 0.4) is 0 Å². The molecule has 0 spiro atoms. The summed E-state index contributed by atoms with van der Waals surface area (Å²) in [6.45, 7) is 24.5. The van der Waals surface area contributed by atoms with Gasteiger partial charge in [-0.1, -0.05) is 122 Å². The molecule has 2 aromatic carbocycles. The lowest BCUT2D eigenvalue weighted by atomic mass is 9.56. The van der Waals surface area contributed by atoms with Crippen molar-refractivity contribution >= 4 is 0 Å². The predicted molar refractivity (Wildman–Crippen MR) is 203 cm³/mol. The van der Waals surface area contributed by atoms with E-state index in [0.29, 0.717) is 17.9 Å². The van der Waals surface area contributed by atoms with Gasteiger partial charge < -0.3 is 4.74 Å². The monoisotopic (exact) mass is 651 g/mol. The van der Waals surface area contributed by atoms with Crippen molar-refractivity contribution in [2.75, 3.05) is 7.11 Å². The molecule has 5 aliphatic rings. The summed E-state index contributed by atoms with van der Waals surface area (Å²) in [6.07, 6.45) is 11.9. The van der Waals surface area contributed by atoms with Crippen molar-refractivity contribution in [2.24, 2.45) is 70.5 Å². The molecular formula is C47H70O. The lowest BCUT2D eigenvalue weighted by molar-refractivity contribution is -0.0760. The van der Waals surface area contributed by atoms with Gasteiger partial charge in [-0.3, -0.25) is 0 Å². The largest absolute Gasteiger partial charge is 0.381 e. The first kappa shape index (κ1) is 34.8. The van der Waals surface area contributed by atoms with E-state index >= 15 is 0 Å². The second kappa shape index (κ2) is 12.9. The van der Waals surface area contributed by atoms with Crippen LogP contribution in [0.25, 0.3) is 0 Å². The van der Waals surface area contributed by atoms with Crippen LogP contribution in [0.15, 0.2) is 42.5 Å². The van der Waals surface area contributed by atoms with Crippen LogP contribution in [0.1, 0.15) is 146 Å². The van der Waals surface area contributed by atoms with Gasteiger partial charge in [-0.2, -0.15) is 0 Å². The number of rotatable bonds is 5. The van der Waals surface area contributed by atoms with Crippen molar-refractivity contribution < 1.29 is 4.74 Å². The number of hydrogen-bond acceptors (Lipinski definition) is 1. The Hall–Kier alpha value is -1.60. The maximum atomic E-state index is 6.60. The summed E-state index contributed by atoms with van der Waals surface area (Å²) in [5.41, 5.74) is 8.00. The van der Waals surface area contributed by atoms with E-state index in [1.807, 2.05) is 7.11 Å². The third kappa shape index (κ3) is 6.17. The first-order chi connectivity index (χ1) is 22.7. The minimum absolute atomic E-state index is 0.220. The highest BCUT2D eigenvalue weighted by atomic mass is 16.5. The minimum atomic E-state index is 0.220. The molecule has 0 radical (unpaired) electrons. The van der Waals surface area contributed by atoms with Gasteiger partial charge in [-0.25, -0.2) is 0 Å². The number of aryl methyl sites for hydroxylation is 2. The van der Waals surface area contributed by atoms with Gasteiger partial charge >= 0.3 is 0 Å². The molecule has 0 amide bonds. The van der Waals surface area contributed by atoms with Crippen LogP contribution in [0.2, 0.25) is 0 Å². The highest BCUT2D eigenvalue weighted by Crippen LogP contribution is 2.65. The molecule has 48 heavy (non-hydrogen) atoms. The predicted octanol–water partition coefficient (Wildman–Crippen LogP) is 12.5. The summed E-state index contributed by atoms with van der Waals surface area (Å²) in [7, 11) is 2.02. The fourth-order valence-corrected chi connectivity index (χ4v) is 13.6. The third-order valence-corrected chi connectivity index (χ3v) is 15.6. The molecule has 5 fully saturated rings. The molecule has 1 heteroatoms. The quantitative estimate of drug-likeness (QED) is 0.313. The average molecular weight is 651 g/mol. The SMILES string of the molecule is COC1C(c2cc(C)cc(C)c2)C2CC(C)C(CC3C(C)CC4C3CC3CCCC3C4c3ccc(C(C)(C)C)cc3)C2CC1C(C)(C)C. The van der Waals surface area contributed by atoms with Crippen LogP contribution in [0.5, 0.6) is 0 Å². The molecular weight excluding hydrogens is 581 g/mol. The van der Waals surface area contributed by atoms with Crippen LogP contribution >= 0.6 is 0 Å². The summed E-state index contributed by atoms with van der Waals surface area (Å²) in [4.78, 5) is 0. The number of fused-ring (bicyclic) bond motifs is 3. The van der Waals surface area contributed by atoms with Gasteiger partial charge in [0.1, 0.15) is 0 Å². The Morgan fingerprint density at radius 2 is 1.23 bits per heavy atom. The molecule has 14 atom stereocenters. The van der Waals surface area contributed by atoms with Crippen molar-refractivity contribution in [1.82, 2.24) is 0 Å². The maximum absolute atomic E-state index is 6.60. The lowest BCUT2D eigenvalue weighted by Gasteiger charge is -2.51. The molecule has 2 aromatic rings. The number of hydrogen-bond donors (Lipinski definition) is 0. The molecule has 0 N–H and O–H groups in total. The van der Waals surface area contributed by atoms with E-state index < -0.39 is 0 Å². The van der Waals surface area contributed by atoms with Crippen molar-refractivity contribution in [3.8, 4) is 0 Å². The topological polar surface area (TPSA) is 9.23 Å². The van der Waals surface area contributed by atoms with Gasteiger partial charge in [0.05, 0.1) is 6.10 Å². The first-order valence-corrected chi connectivity index (χ1v) is 20.4. The Kier molecular flexibility index (Phi) is 9.34. The van der Waals surface area contributed by atoms with Crippen molar-refractivity contribution in [3.63, 3.8) is 0 Å². The Morgan fingerprint density at radius 1 is 0.646 bits per heavy atom. The number of ether oxygens (including phenoxy) is 1. The first-order valence-electron chi connectivity index (χ1n) is 20.4. The molecule has 0 aliphatic heterocycles. The van der Waals surface area contributed by atoms with E-state index in [1.165, 1.54) is 68.1 Å². The van der Waals surface area contributed by atoms with Crippen LogP contribution < -0.4 is 0 Å². The molecule has 14 unspecified atom stereocenters. The fourth-order valence-electron chi connectivity index (χ4n) is 13.6. The van der Waals surface area contributed by atoms with E-state index in [-0.39, 0.29) is 10.8 Å². The molecule has 0 heterocycles. The fraction of sp³-hybridized carbons (Fsp3) is 0.745. The van der Waals surface area contributed by atoms with Crippen molar-refractivity contribution in [2.45, 2.75) is 144 Å². The second-order valence-electron chi connectivity index (χ2n) is 20.5. The summed E-state index contributed by atoms with van der Waals surface area (Å²) in [5.74, 6) is 10.5. The van der Waals surface area contributed by atoms with Gasteiger partial charge in [0.25, 0.3) is 0 Å². The molecule has 5 saturated carbocycles.